The molecule has 0 radical (unpaired) electrons. The van der Waals surface area contributed by atoms with Gasteiger partial charge in [-0.2, -0.15) is 3.71 Å². The Morgan fingerprint density at radius 2 is 0.465 bits per heavy atom. The molecule has 0 spiro atoms. The van der Waals surface area contributed by atoms with E-state index in [1.807, 2.05) is 83.8 Å². The first-order chi connectivity index (χ1) is 18.6. The van der Waals surface area contributed by atoms with Crippen LogP contribution in [0.3, 0.4) is 0 Å². The van der Waals surface area contributed by atoms with E-state index in [0.717, 1.165) is 0 Å². The molecule has 0 fully saturated rings. The van der Waals surface area contributed by atoms with Gasteiger partial charge in [0.15, 0.2) is 0 Å². The lowest BCUT2D eigenvalue weighted by atomic mass is 10.1. The molecule has 0 aromatic carbocycles. The van der Waals surface area contributed by atoms with E-state index in [4.69, 9.17) is 0 Å². The SMILES string of the molecule is CC(C)(C)SN(SN(SN(SC(C)(C)C)SC(C)(C)C)SC(C)(C)C)SN(SN(SC(C)(C)C)C(C)(C)C)SC(C)(C)C. The molecule has 0 aliphatic heterocycles. The molecule has 0 rings (SSSR count). The number of hydrogen-bond donors (Lipinski definition) is 0. The molecule has 0 bridgehead atoms. The van der Waals surface area contributed by atoms with Crippen LogP contribution in [0.1, 0.15) is 145 Å². The lowest BCUT2D eigenvalue weighted by Gasteiger charge is -2.41. The Hall–Kier alpha value is 3.30. The van der Waals surface area contributed by atoms with Crippen molar-refractivity contribution in [3.8, 4) is 0 Å². The molecule has 0 aromatic rings. The van der Waals surface area contributed by atoms with Crippen LogP contribution in [0.5, 0.6) is 0 Å². The molecule has 0 atom stereocenters. The molecule has 0 saturated heterocycles. The van der Waals surface area contributed by atoms with E-state index in [-0.39, 0.29) is 34.0 Å². The monoisotopic (exact) mass is 789 g/mol. The molecule has 0 unspecified atom stereocenters. The second kappa shape index (κ2) is 18.0. The third-order valence-electron chi connectivity index (χ3n) is 3.19. The molecule has 0 amide bonds. The third-order valence-corrected chi connectivity index (χ3v) is 15.0. The highest BCUT2D eigenvalue weighted by molar-refractivity contribution is 8.38. The lowest BCUT2D eigenvalue weighted by molar-refractivity contribution is 0.405. The molecule has 0 saturated carbocycles. The molecule has 0 aliphatic rings. The standard InChI is InChI=1S/C28H63N5S10/c1-22(2,3)29(34-23(4,5)6)40-31(37-26(13,14)15)42-33(39-28(19,20)21)43-32(38-27(16,17)18)41-30(35-24(7,8)9)36-25(10,11)12/h1-21H3. The third kappa shape index (κ3) is 27.8. The Labute approximate surface area is 313 Å². The fourth-order valence-corrected chi connectivity index (χ4v) is 19.6. The Bertz CT molecular complexity index is 784. The summed E-state index contributed by atoms with van der Waals surface area (Å²) in [6.07, 6.45) is 0. The summed E-state index contributed by atoms with van der Waals surface area (Å²) in [6.45, 7) is 48.1. The average molecular weight is 791 g/mol. The van der Waals surface area contributed by atoms with Gasteiger partial charge in [-0.1, -0.05) is 11.9 Å². The topological polar surface area (TPSA) is 16.2 Å². The summed E-state index contributed by atoms with van der Waals surface area (Å²) in [6, 6.07) is 0. The van der Waals surface area contributed by atoms with E-state index in [9.17, 15) is 0 Å². The highest BCUT2D eigenvalue weighted by Crippen LogP contribution is 2.56. The first-order valence-electron chi connectivity index (χ1n) is 14.5. The molecular formula is C28H63N5S10. The Kier molecular flexibility index (Phi) is 19.4. The Morgan fingerprint density at radius 3 is 0.698 bits per heavy atom. The van der Waals surface area contributed by atoms with Gasteiger partial charge in [-0.05, 0) is 205 Å². The van der Waals surface area contributed by atoms with Crippen LogP contribution < -0.4 is 0 Å². The van der Waals surface area contributed by atoms with Crippen LogP contribution in [0.2, 0.25) is 0 Å². The molecule has 0 aromatic heterocycles. The zero-order valence-corrected chi connectivity index (χ0v) is 39.0. The summed E-state index contributed by atoms with van der Waals surface area (Å²) >= 11 is 18.5. The molecule has 0 heterocycles. The predicted octanol–water partition coefficient (Wildman–Crippen LogP) is 14.2. The first kappa shape index (κ1) is 46.3. The van der Waals surface area contributed by atoms with Crippen LogP contribution in [-0.2, 0) is 0 Å². The molecule has 0 aliphatic carbocycles. The maximum Gasteiger partial charge on any atom is 0.0561 e. The van der Waals surface area contributed by atoms with Gasteiger partial charge in [0.1, 0.15) is 0 Å². The Morgan fingerprint density at radius 1 is 0.256 bits per heavy atom. The van der Waals surface area contributed by atoms with Crippen molar-refractivity contribution < 1.29 is 0 Å². The zero-order chi connectivity index (χ0) is 34.5. The quantitative estimate of drug-likeness (QED) is 0.155. The van der Waals surface area contributed by atoms with Gasteiger partial charge >= 0.3 is 0 Å². The summed E-state index contributed by atoms with van der Waals surface area (Å²) in [5, 5.41) is 0. The van der Waals surface area contributed by atoms with Crippen LogP contribution in [0.25, 0.3) is 0 Å². The van der Waals surface area contributed by atoms with Crippen molar-refractivity contribution in [2.24, 2.45) is 0 Å². The van der Waals surface area contributed by atoms with Crippen LogP contribution in [0.15, 0.2) is 0 Å². The minimum absolute atomic E-state index is 0.0200. The van der Waals surface area contributed by atoms with Gasteiger partial charge < -0.3 is 0 Å². The minimum Gasteiger partial charge on any atom is -0.173 e. The summed E-state index contributed by atoms with van der Waals surface area (Å²) in [5.41, 5.74) is -0.0200. The Balaban J connectivity index is 6.51. The van der Waals surface area contributed by atoms with Gasteiger partial charge in [0.05, 0.1) is 36.4 Å². The molecule has 43 heavy (non-hydrogen) atoms. The second-order valence-corrected chi connectivity index (χ2v) is 34.1. The van der Waals surface area contributed by atoms with E-state index in [1.54, 1.807) is 36.4 Å². The van der Waals surface area contributed by atoms with E-state index in [2.05, 4.69) is 162 Å². The van der Waals surface area contributed by atoms with Gasteiger partial charge in [-0.25, -0.2) is 0 Å². The highest BCUT2D eigenvalue weighted by atomic mass is 32.3. The summed E-state index contributed by atoms with van der Waals surface area (Å²) in [4.78, 5) is 0. The van der Waals surface area contributed by atoms with Gasteiger partial charge in [-0.15, -0.1) is 12.5 Å². The van der Waals surface area contributed by atoms with Gasteiger partial charge in [-0.3, -0.25) is 0 Å². The lowest BCUT2D eigenvalue weighted by Crippen LogP contribution is -2.36. The molecular weight excluding hydrogens is 727 g/mol. The van der Waals surface area contributed by atoms with E-state index >= 15 is 0 Å². The summed E-state index contributed by atoms with van der Waals surface area (Å²) in [5.74, 6) is 0. The molecule has 260 valence electrons. The van der Waals surface area contributed by atoms with E-state index in [0.29, 0.717) is 0 Å². The fourth-order valence-electron chi connectivity index (χ4n) is 2.06. The van der Waals surface area contributed by atoms with Crippen molar-refractivity contribution in [2.75, 3.05) is 0 Å². The molecule has 5 nitrogen and oxygen atoms in total. The van der Waals surface area contributed by atoms with E-state index in [1.165, 1.54) is 0 Å². The predicted molar refractivity (Wildman–Crippen MR) is 223 cm³/mol. The number of nitrogens with zero attached hydrogens (tertiary/aromatic N) is 5. The van der Waals surface area contributed by atoms with E-state index < -0.39 is 0 Å². The van der Waals surface area contributed by atoms with Crippen LogP contribution in [-0.4, -0.2) is 50.2 Å². The van der Waals surface area contributed by atoms with Gasteiger partial charge in [0, 0.05) is 46.2 Å². The smallest absolute Gasteiger partial charge is 0.0561 e. The van der Waals surface area contributed by atoms with Crippen LogP contribution >= 0.6 is 120 Å². The van der Waals surface area contributed by atoms with Crippen molar-refractivity contribution >= 4 is 120 Å². The van der Waals surface area contributed by atoms with Crippen molar-refractivity contribution in [2.45, 2.75) is 179 Å². The summed E-state index contributed by atoms with van der Waals surface area (Å²) < 4.78 is 12.5. The normalized spacial score (nSPS) is 15.2. The maximum absolute atomic E-state index is 2.46. The maximum atomic E-state index is 2.46. The number of rotatable bonds is 14. The van der Waals surface area contributed by atoms with Crippen molar-refractivity contribution in [3.63, 3.8) is 0 Å². The molecule has 0 N–H and O–H groups in total. The van der Waals surface area contributed by atoms with Gasteiger partial charge in [0.25, 0.3) is 0 Å². The zero-order valence-electron chi connectivity index (χ0n) is 30.8. The van der Waals surface area contributed by atoms with Crippen LogP contribution in [0.4, 0.5) is 0 Å². The average Bonchev–Trinajstić information content (AvgIpc) is 2.58. The fraction of sp³-hybridized carbons (Fsp3) is 1.00. The van der Waals surface area contributed by atoms with Crippen molar-refractivity contribution in [1.82, 2.24) is 16.2 Å². The largest absolute Gasteiger partial charge is 0.173 e. The van der Waals surface area contributed by atoms with Crippen molar-refractivity contribution in [1.29, 1.82) is 0 Å². The number of hydrogen-bond acceptors (Lipinski definition) is 15. The highest BCUT2D eigenvalue weighted by Gasteiger charge is 2.36. The van der Waals surface area contributed by atoms with Crippen molar-refractivity contribution in [3.05, 3.63) is 0 Å². The molecule has 15 heteroatoms. The van der Waals surface area contributed by atoms with Gasteiger partial charge in [0.2, 0.25) is 0 Å². The summed E-state index contributed by atoms with van der Waals surface area (Å²) in [7, 11) is 0. The second-order valence-electron chi connectivity index (χ2n) is 16.9. The first-order valence-corrected chi connectivity index (χ1v) is 22.1. The van der Waals surface area contributed by atoms with Crippen LogP contribution in [0, 0.1) is 0 Å². The minimum atomic E-state index is -0.0200.